The predicted octanol–water partition coefficient (Wildman–Crippen LogP) is 3.51. The van der Waals surface area contributed by atoms with E-state index < -0.39 is 0 Å². The highest BCUT2D eigenvalue weighted by Crippen LogP contribution is 2.26. The molecule has 0 aromatic heterocycles. The topological polar surface area (TPSA) is 20.2 Å². The van der Waals surface area contributed by atoms with Gasteiger partial charge in [0, 0.05) is 5.02 Å². The smallest absolute Gasteiger partial charge is 0.116 e. The van der Waals surface area contributed by atoms with Crippen LogP contribution in [0.15, 0.2) is 30.3 Å². The summed E-state index contributed by atoms with van der Waals surface area (Å²) < 4.78 is 0. The van der Waals surface area contributed by atoms with E-state index in [0.29, 0.717) is 5.75 Å². The number of phenols is 1. The van der Waals surface area contributed by atoms with E-state index in [1.165, 1.54) is 0 Å². The number of rotatable bonds is 0. The maximum Gasteiger partial charge on any atom is 0.116 e. The number of benzene rings is 2. The van der Waals surface area contributed by atoms with E-state index in [0.717, 1.165) is 21.4 Å². The molecule has 0 aliphatic carbocycles. The molecule has 0 fully saturated rings. The fraction of sp³-hybridized carbons (Fsp3) is 0.0909. The van der Waals surface area contributed by atoms with Crippen LogP contribution in [-0.2, 0) is 0 Å². The van der Waals surface area contributed by atoms with Crippen LogP contribution in [0.4, 0.5) is 0 Å². The van der Waals surface area contributed by atoms with Crippen LogP contribution >= 0.6 is 11.6 Å². The number of hydrogen-bond acceptors (Lipinski definition) is 1. The second kappa shape index (κ2) is 2.93. The molecule has 0 atom stereocenters. The third-order valence-corrected chi connectivity index (χ3v) is 2.34. The number of halogens is 1. The maximum atomic E-state index is 9.35. The number of aryl methyl sites for hydroxylation is 1. The van der Waals surface area contributed by atoms with Crippen LogP contribution in [0, 0.1) is 6.92 Å². The second-order valence-electron chi connectivity index (χ2n) is 3.13. The van der Waals surface area contributed by atoms with E-state index in [2.05, 4.69) is 0 Å². The molecule has 0 radical (unpaired) electrons. The fourth-order valence-corrected chi connectivity index (χ4v) is 1.67. The van der Waals surface area contributed by atoms with Crippen molar-refractivity contribution in [2.45, 2.75) is 6.92 Å². The van der Waals surface area contributed by atoms with E-state index in [9.17, 15) is 5.11 Å². The lowest BCUT2D eigenvalue weighted by molar-refractivity contribution is 0.476. The number of hydrogen-bond donors (Lipinski definition) is 1. The van der Waals surface area contributed by atoms with Crippen molar-refractivity contribution in [3.63, 3.8) is 0 Å². The summed E-state index contributed by atoms with van der Waals surface area (Å²) >= 11 is 5.87. The third kappa shape index (κ3) is 1.47. The molecule has 2 aromatic rings. The molecule has 1 N–H and O–H groups in total. The highest BCUT2D eigenvalue weighted by atomic mass is 35.5. The highest BCUT2D eigenvalue weighted by molar-refractivity contribution is 6.31. The first-order valence-corrected chi connectivity index (χ1v) is 4.43. The predicted molar refractivity (Wildman–Crippen MR) is 55.4 cm³/mol. The van der Waals surface area contributed by atoms with Crippen LogP contribution in [-0.4, -0.2) is 5.11 Å². The first-order chi connectivity index (χ1) is 6.16. The van der Waals surface area contributed by atoms with Crippen molar-refractivity contribution < 1.29 is 5.11 Å². The van der Waals surface area contributed by atoms with Crippen molar-refractivity contribution in [1.82, 2.24) is 0 Å². The Morgan fingerprint density at radius 2 is 1.92 bits per heavy atom. The normalized spacial score (nSPS) is 10.6. The van der Waals surface area contributed by atoms with Crippen LogP contribution < -0.4 is 0 Å². The van der Waals surface area contributed by atoms with Gasteiger partial charge in [0.1, 0.15) is 5.75 Å². The zero-order valence-corrected chi connectivity index (χ0v) is 7.97. The first kappa shape index (κ1) is 8.39. The van der Waals surface area contributed by atoms with E-state index in [1.807, 2.05) is 25.1 Å². The van der Waals surface area contributed by atoms with Gasteiger partial charge in [-0.25, -0.2) is 0 Å². The molecule has 2 heteroatoms. The molecule has 0 heterocycles. The Kier molecular flexibility index (Phi) is 1.89. The van der Waals surface area contributed by atoms with E-state index in [-0.39, 0.29) is 0 Å². The molecule has 2 rings (SSSR count). The van der Waals surface area contributed by atoms with E-state index in [1.54, 1.807) is 12.1 Å². The standard InChI is InChI=1S/C11H9ClO/c1-7-4-10(13)5-8-2-3-9(12)6-11(7)8/h2-6,13H,1H3. The Hall–Kier alpha value is -1.21. The minimum Gasteiger partial charge on any atom is -0.508 e. The highest BCUT2D eigenvalue weighted by Gasteiger charge is 2.00. The number of aromatic hydroxyl groups is 1. The van der Waals surface area contributed by atoms with Gasteiger partial charge in [-0.2, -0.15) is 0 Å². The van der Waals surface area contributed by atoms with Crippen LogP contribution in [0.1, 0.15) is 5.56 Å². The molecule has 2 aromatic carbocycles. The molecule has 0 spiro atoms. The third-order valence-electron chi connectivity index (χ3n) is 2.11. The monoisotopic (exact) mass is 192 g/mol. The fourth-order valence-electron chi connectivity index (χ4n) is 1.50. The van der Waals surface area contributed by atoms with Crippen LogP contribution in [0.3, 0.4) is 0 Å². The first-order valence-electron chi connectivity index (χ1n) is 4.06. The van der Waals surface area contributed by atoms with Gasteiger partial charge < -0.3 is 5.11 Å². The summed E-state index contributed by atoms with van der Waals surface area (Å²) in [4.78, 5) is 0. The Morgan fingerprint density at radius 3 is 2.69 bits per heavy atom. The van der Waals surface area contributed by atoms with Crippen molar-refractivity contribution in [2.24, 2.45) is 0 Å². The largest absolute Gasteiger partial charge is 0.508 e. The van der Waals surface area contributed by atoms with Crippen molar-refractivity contribution >= 4 is 22.4 Å². The Labute approximate surface area is 81.6 Å². The molecule has 0 unspecified atom stereocenters. The lowest BCUT2D eigenvalue weighted by atomic mass is 10.1. The molecule has 0 amide bonds. The molecule has 0 saturated heterocycles. The van der Waals surface area contributed by atoms with Gasteiger partial charge in [0.05, 0.1) is 0 Å². The van der Waals surface area contributed by atoms with Gasteiger partial charge >= 0.3 is 0 Å². The van der Waals surface area contributed by atoms with E-state index in [4.69, 9.17) is 11.6 Å². The van der Waals surface area contributed by atoms with Crippen molar-refractivity contribution in [3.05, 3.63) is 40.9 Å². The number of fused-ring (bicyclic) bond motifs is 1. The van der Waals surface area contributed by atoms with E-state index >= 15 is 0 Å². The van der Waals surface area contributed by atoms with Gasteiger partial charge in [-0.15, -0.1) is 0 Å². The summed E-state index contributed by atoms with van der Waals surface area (Å²) in [7, 11) is 0. The molecule has 66 valence electrons. The maximum absolute atomic E-state index is 9.35. The van der Waals surface area contributed by atoms with Gasteiger partial charge in [0.15, 0.2) is 0 Å². The van der Waals surface area contributed by atoms with Crippen molar-refractivity contribution in [1.29, 1.82) is 0 Å². The Bertz CT molecular complexity index is 463. The molecule has 1 nitrogen and oxygen atoms in total. The number of phenolic OH excluding ortho intramolecular Hbond substituents is 1. The quantitative estimate of drug-likeness (QED) is 0.677. The zero-order valence-electron chi connectivity index (χ0n) is 7.21. The van der Waals surface area contributed by atoms with Crippen molar-refractivity contribution in [3.8, 4) is 5.75 Å². The van der Waals surface area contributed by atoms with Crippen LogP contribution in [0.5, 0.6) is 5.75 Å². The van der Waals surface area contributed by atoms with Crippen LogP contribution in [0.25, 0.3) is 10.8 Å². The lowest BCUT2D eigenvalue weighted by Gasteiger charge is -2.03. The van der Waals surface area contributed by atoms with Crippen LogP contribution in [0.2, 0.25) is 5.02 Å². The Morgan fingerprint density at radius 1 is 1.15 bits per heavy atom. The Balaban J connectivity index is 2.87. The zero-order chi connectivity index (χ0) is 9.42. The van der Waals surface area contributed by atoms with Gasteiger partial charge in [0.2, 0.25) is 0 Å². The molecule has 0 saturated carbocycles. The summed E-state index contributed by atoms with van der Waals surface area (Å²) in [6, 6.07) is 9.11. The molecule has 0 aliphatic rings. The molecule has 0 aliphatic heterocycles. The van der Waals surface area contributed by atoms with Gasteiger partial charge in [0.25, 0.3) is 0 Å². The average Bonchev–Trinajstić information content (AvgIpc) is 2.06. The van der Waals surface area contributed by atoms with Gasteiger partial charge in [-0.05, 0) is 47.5 Å². The van der Waals surface area contributed by atoms with Gasteiger partial charge in [-0.1, -0.05) is 17.7 Å². The molecule has 13 heavy (non-hydrogen) atoms. The second-order valence-corrected chi connectivity index (χ2v) is 3.56. The molecular weight excluding hydrogens is 184 g/mol. The average molecular weight is 193 g/mol. The minimum atomic E-state index is 0.298. The van der Waals surface area contributed by atoms with Crippen molar-refractivity contribution in [2.75, 3.05) is 0 Å². The van der Waals surface area contributed by atoms with Gasteiger partial charge in [-0.3, -0.25) is 0 Å². The molecule has 0 bridgehead atoms. The summed E-state index contributed by atoms with van der Waals surface area (Å²) in [5.41, 5.74) is 1.04. The lowest BCUT2D eigenvalue weighted by Crippen LogP contribution is -1.78. The summed E-state index contributed by atoms with van der Waals surface area (Å²) in [5, 5.41) is 12.2. The summed E-state index contributed by atoms with van der Waals surface area (Å²) in [6.45, 7) is 1.96. The molecular formula is C11H9ClO. The summed E-state index contributed by atoms with van der Waals surface area (Å²) in [5.74, 6) is 0.298. The minimum absolute atomic E-state index is 0.298. The summed E-state index contributed by atoms with van der Waals surface area (Å²) in [6.07, 6.45) is 0. The SMILES string of the molecule is Cc1cc(O)cc2ccc(Cl)cc12.